The molecule has 6 heteroatoms. The van der Waals surface area contributed by atoms with Crippen molar-refractivity contribution in [1.29, 1.82) is 0 Å². The Kier molecular flexibility index (Phi) is 3.45. The highest BCUT2D eigenvalue weighted by atomic mass is 35.5. The number of imidazole rings is 1. The van der Waals surface area contributed by atoms with E-state index in [2.05, 4.69) is 10.3 Å². The van der Waals surface area contributed by atoms with Crippen LogP contribution in [0.5, 0.6) is 0 Å². The van der Waals surface area contributed by atoms with Crippen molar-refractivity contribution >= 4 is 34.4 Å². The van der Waals surface area contributed by atoms with Gasteiger partial charge in [-0.15, -0.1) is 11.6 Å². The second kappa shape index (κ2) is 5.15. The number of benzene rings is 1. The van der Waals surface area contributed by atoms with Gasteiger partial charge in [-0.25, -0.2) is 4.98 Å². The Balaban J connectivity index is 2.17. The number of aromatic nitrogens is 2. The lowest BCUT2D eigenvalue weighted by Gasteiger charge is -2.24. The van der Waals surface area contributed by atoms with Crippen LogP contribution in [0.15, 0.2) is 18.2 Å². The first-order valence-corrected chi connectivity index (χ1v) is 7.37. The van der Waals surface area contributed by atoms with Gasteiger partial charge in [0.05, 0.1) is 16.4 Å². The number of halogens is 1. The van der Waals surface area contributed by atoms with E-state index in [-0.39, 0.29) is 17.2 Å². The number of alkyl halides is 1. The van der Waals surface area contributed by atoms with Crippen molar-refractivity contribution in [3.05, 3.63) is 29.6 Å². The van der Waals surface area contributed by atoms with Crippen LogP contribution in [-0.4, -0.2) is 21.4 Å². The third-order valence-corrected chi connectivity index (χ3v) is 3.95. The molecular weight excluding hydrogens is 290 g/mol. The smallest absolute Gasteiger partial charge is 0.249 e. The summed E-state index contributed by atoms with van der Waals surface area (Å²) in [4.78, 5) is 28.1. The standard InChI is InChI=1S/C15H16ClN3O2/c1-8-3-4-11-10(7-8)17-14(9(2)16)19(11)12-5-6-13(20)18-15(12)21/h3-4,7,9,12H,5-6H2,1-2H3,(H,18,20,21). The molecule has 2 atom stereocenters. The van der Waals surface area contributed by atoms with Gasteiger partial charge in [-0.3, -0.25) is 14.9 Å². The molecule has 1 saturated heterocycles. The van der Waals surface area contributed by atoms with E-state index in [9.17, 15) is 9.59 Å². The molecule has 1 aliphatic rings. The average Bonchev–Trinajstić information content (AvgIpc) is 2.77. The zero-order valence-corrected chi connectivity index (χ0v) is 12.6. The fraction of sp³-hybridized carbons (Fsp3) is 0.400. The lowest BCUT2D eigenvalue weighted by Crippen LogP contribution is -2.42. The van der Waals surface area contributed by atoms with E-state index in [0.717, 1.165) is 16.6 Å². The van der Waals surface area contributed by atoms with E-state index in [4.69, 9.17) is 11.6 Å². The maximum absolute atomic E-state index is 12.2. The molecule has 1 aromatic heterocycles. The molecule has 2 aromatic rings. The zero-order valence-electron chi connectivity index (χ0n) is 11.9. The Labute approximate surface area is 127 Å². The van der Waals surface area contributed by atoms with Crippen molar-refractivity contribution in [3.8, 4) is 0 Å². The molecule has 0 saturated carbocycles. The van der Waals surface area contributed by atoms with Crippen LogP contribution in [0.1, 0.15) is 42.6 Å². The Hall–Kier alpha value is -1.88. The molecule has 3 rings (SSSR count). The SMILES string of the molecule is Cc1ccc2c(c1)nc(C(C)Cl)n2C1CCC(=O)NC1=O. The summed E-state index contributed by atoms with van der Waals surface area (Å²) in [7, 11) is 0. The monoisotopic (exact) mass is 305 g/mol. The van der Waals surface area contributed by atoms with E-state index < -0.39 is 6.04 Å². The number of amides is 2. The minimum atomic E-state index is -0.438. The summed E-state index contributed by atoms with van der Waals surface area (Å²) in [5, 5.41) is 2.07. The highest BCUT2D eigenvalue weighted by molar-refractivity contribution is 6.20. The van der Waals surface area contributed by atoms with Crippen molar-refractivity contribution in [1.82, 2.24) is 14.9 Å². The van der Waals surface area contributed by atoms with Gasteiger partial charge < -0.3 is 4.57 Å². The van der Waals surface area contributed by atoms with E-state index in [1.165, 1.54) is 0 Å². The van der Waals surface area contributed by atoms with E-state index in [0.29, 0.717) is 18.7 Å². The fourth-order valence-corrected chi connectivity index (χ4v) is 2.92. The molecule has 0 bridgehead atoms. The predicted molar refractivity (Wildman–Crippen MR) is 80.2 cm³/mol. The lowest BCUT2D eigenvalue weighted by atomic mass is 10.1. The predicted octanol–water partition coefficient (Wildman–Crippen LogP) is 2.62. The molecule has 21 heavy (non-hydrogen) atoms. The molecule has 1 aliphatic heterocycles. The number of carbonyl (C=O) groups excluding carboxylic acids is 2. The van der Waals surface area contributed by atoms with Gasteiger partial charge in [-0.2, -0.15) is 0 Å². The van der Waals surface area contributed by atoms with Crippen LogP contribution in [0.25, 0.3) is 11.0 Å². The van der Waals surface area contributed by atoms with Gasteiger partial charge in [0.1, 0.15) is 11.9 Å². The Bertz CT molecular complexity index is 736. The molecule has 2 amide bonds. The Morgan fingerprint density at radius 3 is 2.86 bits per heavy atom. The van der Waals surface area contributed by atoms with Crippen LogP contribution in [0.2, 0.25) is 0 Å². The molecule has 1 N–H and O–H groups in total. The maximum Gasteiger partial charge on any atom is 0.249 e. The minimum absolute atomic E-state index is 0.225. The summed E-state index contributed by atoms with van der Waals surface area (Å²) in [6, 6.07) is 5.46. The maximum atomic E-state index is 12.2. The number of aryl methyl sites for hydroxylation is 1. The summed E-state index contributed by atoms with van der Waals surface area (Å²) in [6.45, 7) is 3.83. The van der Waals surface area contributed by atoms with Gasteiger partial charge >= 0.3 is 0 Å². The fourth-order valence-electron chi connectivity index (χ4n) is 2.76. The second-order valence-corrected chi connectivity index (χ2v) is 6.07. The van der Waals surface area contributed by atoms with Crippen LogP contribution in [0.4, 0.5) is 0 Å². The normalized spacial score (nSPS) is 20.6. The lowest BCUT2D eigenvalue weighted by molar-refractivity contribution is -0.135. The van der Waals surface area contributed by atoms with Crippen LogP contribution in [0.3, 0.4) is 0 Å². The number of hydrogen-bond acceptors (Lipinski definition) is 3. The average molecular weight is 306 g/mol. The summed E-state index contributed by atoms with van der Waals surface area (Å²) in [6.07, 6.45) is 0.804. The van der Waals surface area contributed by atoms with Crippen molar-refractivity contribution in [3.63, 3.8) is 0 Å². The molecule has 0 spiro atoms. The molecule has 2 heterocycles. The van der Waals surface area contributed by atoms with Crippen molar-refractivity contribution < 1.29 is 9.59 Å². The molecule has 0 radical (unpaired) electrons. The van der Waals surface area contributed by atoms with Gasteiger partial charge in [0.25, 0.3) is 0 Å². The van der Waals surface area contributed by atoms with E-state index in [1.54, 1.807) is 0 Å². The van der Waals surface area contributed by atoms with Crippen molar-refractivity contribution in [2.45, 2.75) is 38.1 Å². The summed E-state index contributed by atoms with van der Waals surface area (Å²) >= 11 is 6.23. The molecule has 1 fully saturated rings. The molecular formula is C15H16ClN3O2. The highest BCUT2D eigenvalue weighted by Crippen LogP contribution is 2.31. The highest BCUT2D eigenvalue weighted by Gasteiger charge is 2.31. The van der Waals surface area contributed by atoms with Gasteiger partial charge in [0, 0.05) is 6.42 Å². The first-order chi connectivity index (χ1) is 9.97. The molecule has 1 aromatic carbocycles. The van der Waals surface area contributed by atoms with Crippen LogP contribution >= 0.6 is 11.6 Å². The number of carbonyl (C=O) groups is 2. The summed E-state index contributed by atoms with van der Waals surface area (Å²) < 4.78 is 1.87. The first-order valence-electron chi connectivity index (χ1n) is 6.93. The topological polar surface area (TPSA) is 64.0 Å². The molecule has 110 valence electrons. The number of nitrogens with zero attached hydrogens (tertiary/aromatic N) is 2. The number of piperidine rings is 1. The minimum Gasteiger partial charge on any atom is -0.314 e. The van der Waals surface area contributed by atoms with Crippen LogP contribution in [-0.2, 0) is 9.59 Å². The van der Waals surface area contributed by atoms with Gasteiger partial charge in [0.15, 0.2) is 0 Å². The third-order valence-electron chi connectivity index (χ3n) is 3.75. The van der Waals surface area contributed by atoms with Crippen molar-refractivity contribution in [2.75, 3.05) is 0 Å². The Morgan fingerprint density at radius 1 is 1.43 bits per heavy atom. The van der Waals surface area contributed by atoms with Gasteiger partial charge in [-0.05, 0) is 38.0 Å². The quantitative estimate of drug-likeness (QED) is 0.685. The van der Waals surface area contributed by atoms with Gasteiger partial charge in [-0.1, -0.05) is 6.07 Å². The molecule has 0 aliphatic carbocycles. The number of hydrogen-bond donors (Lipinski definition) is 1. The first kappa shape index (κ1) is 14.1. The van der Waals surface area contributed by atoms with Gasteiger partial charge in [0.2, 0.25) is 11.8 Å². The van der Waals surface area contributed by atoms with Crippen LogP contribution < -0.4 is 5.32 Å². The number of nitrogens with one attached hydrogen (secondary N) is 1. The van der Waals surface area contributed by atoms with Crippen molar-refractivity contribution in [2.24, 2.45) is 0 Å². The molecule has 5 nitrogen and oxygen atoms in total. The number of imide groups is 1. The summed E-state index contributed by atoms with van der Waals surface area (Å²) in [5.41, 5.74) is 2.80. The summed E-state index contributed by atoms with van der Waals surface area (Å²) in [5.74, 6) is 0.147. The number of fused-ring (bicyclic) bond motifs is 1. The largest absolute Gasteiger partial charge is 0.314 e. The Morgan fingerprint density at radius 2 is 2.19 bits per heavy atom. The number of rotatable bonds is 2. The molecule has 2 unspecified atom stereocenters. The van der Waals surface area contributed by atoms with E-state index in [1.807, 2.05) is 36.6 Å². The second-order valence-electron chi connectivity index (χ2n) is 5.42. The zero-order chi connectivity index (χ0) is 15.1. The van der Waals surface area contributed by atoms with E-state index >= 15 is 0 Å². The third kappa shape index (κ3) is 2.42. The van der Waals surface area contributed by atoms with Crippen LogP contribution in [0, 0.1) is 6.92 Å².